The third-order valence-electron chi connectivity index (χ3n) is 4.30. The van der Waals surface area contributed by atoms with Crippen molar-refractivity contribution in [2.45, 2.75) is 110 Å². The maximum atomic E-state index is 10.7. The molecule has 0 aromatic carbocycles. The van der Waals surface area contributed by atoms with Crippen molar-refractivity contribution in [2.24, 2.45) is 0 Å². The Morgan fingerprint density at radius 3 is 1.09 bits per heavy atom. The summed E-state index contributed by atoms with van der Waals surface area (Å²) in [6.45, 7) is 2.27. The van der Waals surface area contributed by atoms with Crippen molar-refractivity contribution in [1.29, 1.82) is 0 Å². The Labute approximate surface area is 166 Å². The Hall–Kier alpha value is 1.15. The van der Waals surface area contributed by atoms with Gasteiger partial charge in [-0.2, -0.15) is 0 Å². The van der Waals surface area contributed by atoms with Gasteiger partial charge in [0.25, 0.3) is 0 Å². The average molecular weight is 358 g/mol. The second-order valence-corrected chi connectivity index (χ2v) is 8.47. The molecular formula is C18H40NaO3P. The van der Waals surface area contributed by atoms with E-state index in [4.69, 9.17) is 9.79 Å². The molecule has 5 heteroatoms. The molecule has 0 rings (SSSR count). The molecule has 0 aromatic rings. The first-order valence-electron chi connectivity index (χ1n) is 9.61. The Kier molecular flexibility index (Phi) is 22.3. The summed E-state index contributed by atoms with van der Waals surface area (Å²) in [7, 11) is -3.75. The summed E-state index contributed by atoms with van der Waals surface area (Å²) in [4.78, 5) is 17.5. The van der Waals surface area contributed by atoms with E-state index in [2.05, 4.69) is 6.92 Å². The van der Waals surface area contributed by atoms with Crippen molar-refractivity contribution in [1.82, 2.24) is 0 Å². The van der Waals surface area contributed by atoms with E-state index >= 15 is 0 Å². The SMILES string of the molecule is CCCCCCCCCCCCCCCCCCP(=O)(O)O.[NaH]. The van der Waals surface area contributed by atoms with E-state index in [1.165, 1.54) is 83.5 Å². The number of rotatable bonds is 17. The summed E-state index contributed by atoms with van der Waals surface area (Å²) < 4.78 is 10.7. The monoisotopic (exact) mass is 358 g/mol. The minimum absolute atomic E-state index is 0. The van der Waals surface area contributed by atoms with Crippen molar-refractivity contribution in [3.63, 3.8) is 0 Å². The first-order valence-corrected chi connectivity index (χ1v) is 11.4. The third kappa shape index (κ3) is 25.5. The van der Waals surface area contributed by atoms with Crippen molar-refractivity contribution in [2.75, 3.05) is 6.16 Å². The average Bonchev–Trinajstić information content (AvgIpc) is 2.45. The fraction of sp³-hybridized carbons (Fsp3) is 1.00. The molecule has 0 aliphatic carbocycles. The predicted molar refractivity (Wildman–Crippen MR) is 104 cm³/mol. The molecule has 0 amide bonds. The zero-order valence-electron chi connectivity index (χ0n) is 14.8. The van der Waals surface area contributed by atoms with Crippen LogP contribution in [-0.4, -0.2) is 45.5 Å². The molecule has 2 N–H and O–H groups in total. The summed E-state index contributed by atoms with van der Waals surface area (Å²) in [5.74, 6) is 0. The molecule has 23 heavy (non-hydrogen) atoms. The van der Waals surface area contributed by atoms with E-state index in [0.717, 1.165) is 12.8 Å². The molecular weight excluding hydrogens is 318 g/mol. The van der Waals surface area contributed by atoms with Gasteiger partial charge in [-0.3, -0.25) is 4.57 Å². The van der Waals surface area contributed by atoms with Crippen LogP contribution in [-0.2, 0) is 4.57 Å². The summed E-state index contributed by atoms with van der Waals surface area (Å²) in [6, 6.07) is 0. The molecule has 0 fully saturated rings. The van der Waals surface area contributed by atoms with Gasteiger partial charge in [0.15, 0.2) is 0 Å². The molecule has 0 aromatic heterocycles. The Morgan fingerprint density at radius 1 is 0.565 bits per heavy atom. The fourth-order valence-corrected chi connectivity index (χ4v) is 3.50. The molecule has 0 saturated heterocycles. The molecule has 0 aliphatic heterocycles. The van der Waals surface area contributed by atoms with Gasteiger partial charge < -0.3 is 9.79 Å². The van der Waals surface area contributed by atoms with E-state index in [1.807, 2.05) is 0 Å². The number of unbranched alkanes of at least 4 members (excludes halogenated alkanes) is 15. The van der Waals surface area contributed by atoms with E-state index in [0.29, 0.717) is 6.42 Å². The van der Waals surface area contributed by atoms with E-state index < -0.39 is 7.60 Å². The van der Waals surface area contributed by atoms with Crippen LogP contribution in [0.3, 0.4) is 0 Å². The normalized spacial score (nSPS) is 11.4. The van der Waals surface area contributed by atoms with Gasteiger partial charge in [0.2, 0.25) is 0 Å². The van der Waals surface area contributed by atoms with Crippen LogP contribution in [0.25, 0.3) is 0 Å². The third-order valence-corrected chi connectivity index (χ3v) is 5.20. The maximum absolute atomic E-state index is 10.7. The molecule has 0 aliphatic rings. The standard InChI is InChI=1S/C18H39O3P.Na.H/c1-2-3-4-5-6-7-8-9-10-11-12-13-14-15-16-17-18-22(19,20)21;;/h2-18H2,1H3,(H2,19,20,21);;. The van der Waals surface area contributed by atoms with Crippen LogP contribution < -0.4 is 0 Å². The Balaban J connectivity index is 0. The van der Waals surface area contributed by atoms with Crippen molar-refractivity contribution < 1.29 is 14.4 Å². The van der Waals surface area contributed by atoms with Crippen molar-refractivity contribution in [3.8, 4) is 0 Å². The molecule has 0 bridgehead atoms. The molecule has 0 radical (unpaired) electrons. The molecule has 0 heterocycles. The first-order chi connectivity index (χ1) is 10.6. The molecule has 0 unspecified atom stereocenters. The summed E-state index contributed by atoms with van der Waals surface area (Å²) in [5, 5.41) is 0. The second-order valence-electron chi connectivity index (χ2n) is 6.69. The van der Waals surface area contributed by atoms with Crippen LogP contribution in [0.5, 0.6) is 0 Å². The second kappa shape index (κ2) is 19.5. The first kappa shape index (κ1) is 26.4. The van der Waals surface area contributed by atoms with E-state index in [1.54, 1.807) is 0 Å². The van der Waals surface area contributed by atoms with Gasteiger partial charge in [-0.25, -0.2) is 0 Å². The predicted octanol–water partition coefficient (Wildman–Crippen LogP) is 5.78. The van der Waals surface area contributed by atoms with Crippen LogP contribution in [0.4, 0.5) is 0 Å². The quantitative estimate of drug-likeness (QED) is 0.197. The van der Waals surface area contributed by atoms with Crippen LogP contribution in [0.1, 0.15) is 110 Å². The number of hydrogen-bond donors (Lipinski definition) is 2. The molecule has 3 nitrogen and oxygen atoms in total. The van der Waals surface area contributed by atoms with Gasteiger partial charge in [0.05, 0.1) is 0 Å². The van der Waals surface area contributed by atoms with E-state index in [9.17, 15) is 4.57 Å². The summed E-state index contributed by atoms with van der Waals surface area (Å²) in [6.07, 6.45) is 20.6. The van der Waals surface area contributed by atoms with Gasteiger partial charge >= 0.3 is 37.2 Å². The molecule has 0 saturated carbocycles. The fourth-order valence-electron chi connectivity index (χ4n) is 2.87. The molecule has 136 valence electrons. The number of hydrogen-bond acceptors (Lipinski definition) is 1. The van der Waals surface area contributed by atoms with E-state index in [-0.39, 0.29) is 35.7 Å². The van der Waals surface area contributed by atoms with Gasteiger partial charge in [0.1, 0.15) is 0 Å². The zero-order valence-corrected chi connectivity index (χ0v) is 15.7. The van der Waals surface area contributed by atoms with Crippen LogP contribution in [0.2, 0.25) is 0 Å². The van der Waals surface area contributed by atoms with Crippen LogP contribution in [0, 0.1) is 0 Å². The zero-order chi connectivity index (χ0) is 16.5. The topological polar surface area (TPSA) is 57.5 Å². The van der Waals surface area contributed by atoms with Crippen LogP contribution >= 0.6 is 7.60 Å². The van der Waals surface area contributed by atoms with Crippen molar-refractivity contribution >= 4 is 37.2 Å². The minimum atomic E-state index is -3.75. The Bertz CT molecular complexity index is 269. The van der Waals surface area contributed by atoms with Gasteiger partial charge in [-0.15, -0.1) is 0 Å². The Morgan fingerprint density at radius 2 is 0.826 bits per heavy atom. The van der Waals surface area contributed by atoms with Gasteiger partial charge in [-0.1, -0.05) is 103 Å². The van der Waals surface area contributed by atoms with Gasteiger partial charge in [0, 0.05) is 6.16 Å². The van der Waals surface area contributed by atoms with Crippen LogP contribution in [0.15, 0.2) is 0 Å². The molecule has 0 atom stereocenters. The van der Waals surface area contributed by atoms with Crippen molar-refractivity contribution in [3.05, 3.63) is 0 Å². The summed E-state index contributed by atoms with van der Waals surface area (Å²) in [5.41, 5.74) is 0. The summed E-state index contributed by atoms with van der Waals surface area (Å²) >= 11 is 0. The van der Waals surface area contributed by atoms with Gasteiger partial charge in [-0.05, 0) is 6.42 Å². The molecule has 0 spiro atoms.